The molecular weight excluding hydrogens is 218 g/mol. The summed E-state index contributed by atoms with van der Waals surface area (Å²) in [5, 5.41) is 17.9. The summed E-state index contributed by atoms with van der Waals surface area (Å²) in [6.45, 7) is -0.255. The van der Waals surface area contributed by atoms with Gasteiger partial charge in [0.05, 0.1) is 0 Å². The van der Waals surface area contributed by atoms with E-state index in [9.17, 15) is 14.7 Å². The predicted octanol–water partition coefficient (Wildman–Crippen LogP) is -1.81. The first kappa shape index (κ1) is 14.9. The van der Waals surface area contributed by atoms with Gasteiger partial charge in [0.1, 0.15) is 0 Å². The van der Waals surface area contributed by atoms with Gasteiger partial charge in [0, 0.05) is 6.42 Å². The number of Topliss-reactive ketones (excluding diaryl/α,β-unsaturated/α-hetero) is 1. The number of carbonyl (C=O) groups excluding carboxylic acids is 1. The molecule has 1 atom stereocenters. The van der Waals surface area contributed by atoms with Gasteiger partial charge in [-0.25, -0.2) is 10.6 Å². The molecule has 0 heterocycles. The molecule has 8 nitrogen and oxygen atoms in total. The topological polar surface area (TPSA) is 139 Å². The van der Waals surface area contributed by atoms with E-state index in [4.69, 9.17) is 16.7 Å². The Balaban J connectivity index is 3.86. The lowest BCUT2D eigenvalue weighted by molar-refractivity contribution is -0.238. The molecule has 94 valence electrons. The number of aliphatic hydroxyl groups is 1. The van der Waals surface area contributed by atoms with Crippen LogP contribution in [0.5, 0.6) is 0 Å². The van der Waals surface area contributed by atoms with Gasteiger partial charge in [-0.3, -0.25) is 9.63 Å². The lowest BCUT2D eigenvalue weighted by Gasteiger charge is -2.19. The molecule has 0 bridgehead atoms. The maximum atomic E-state index is 11.3. The zero-order valence-corrected chi connectivity index (χ0v) is 8.83. The number of aliphatic hydroxyl groups excluding tert-OH is 1. The number of hydrazine groups is 1. The summed E-state index contributed by atoms with van der Waals surface area (Å²) < 4.78 is 0. The van der Waals surface area contributed by atoms with Crippen LogP contribution in [0.1, 0.15) is 19.3 Å². The van der Waals surface area contributed by atoms with Crippen molar-refractivity contribution in [2.24, 2.45) is 11.6 Å². The first-order valence-electron chi connectivity index (χ1n) is 4.78. The van der Waals surface area contributed by atoms with Gasteiger partial charge in [-0.15, -0.1) is 0 Å². The molecule has 6 N–H and O–H groups in total. The number of nitrogens with two attached hydrogens (primary N) is 2. The van der Waals surface area contributed by atoms with Crippen LogP contribution in [-0.2, 0) is 14.4 Å². The van der Waals surface area contributed by atoms with Crippen LogP contribution >= 0.6 is 0 Å². The van der Waals surface area contributed by atoms with Gasteiger partial charge in [0.15, 0.2) is 12.4 Å². The minimum atomic E-state index is -1.66. The first-order valence-corrected chi connectivity index (χ1v) is 4.78. The molecule has 0 aromatic rings. The summed E-state index contributed by atoms with van der Waals surface area (Å²) in [5.74, 6) is 3.33. The highest BCUT2D eigenvalue weighted by atomic mass is 16.7. The number of nitrogens with zero attached hydrogens (tertiary/aromatic N) is 1. The first-order chi connectivity index (χ1) is 7.49. The molecular formula is C8H17N3O5. The molecule has 0 rings (SSSR count). The standard InChI is InChI=1S/C8H17N3O5/c9-4-2-1-3-6(12)8(15)11(10)16-5-7(13)14/h8,15H,1-5,9-10H2,(H,13,14). The quantitative estimate of drug-likeness (QED) is 0.159. The number of hydrogen-bond acceptors (Lipinski definition) is 7. The van der Waals surface area contributed by atoms with Gasteiger partial charge < -0.3 is 15.9 Å². The normalized spacial score (nSPS) is 12.8. The van der Waals surface area contributed by atoms with Gasteiger partial charge in [0.2, 0.25) is 6.23 Å². The highest BCUT2D eigenvalue weighted by molar-refractivity contribution is 5.82. The second-order valence-corrected chi connectivity index (χ2v) is 3.11. The Kier molecular flexibility index (Phi) is 7.60. The summed E-state index contributed by atoms with van der Waals surface area (Å²) in [4.78, 5) is 25.8. The Labute approximate surface area is 92.7 Å². The van der Waals surface area contributed by atoms with Crippen molar-refractivity contribution in [3.05, 3.63) is 0 Å². The van der Waals surface area contributed by atoms with Crippen LogP contribution in [-0.4, -0.2) is 46.5 Å². The molecule has 0 aromatic carbocycles. The van der Waals surface area contributed by atoms with Crippen LogP contribution in [0.2, 0.25) is 0 Å². The maximum absolute atomic E-state index is 11.3. The van der Waals surface area contributed by atoms with Crippen molar-refractivity contribution in [3.8, 4) is 0 Å². The molecule has 0 saturated carbocycles. The molecule has 16 heavy (non-hydrogen) atoms. The lowest BCUT2D eigenvalue weighted by Crippen LogP contribution is -2.46. The second-order valence-electron chi connectivity index (χ2n) is 3.11. The number of aliphatic carboxylic acids is 1. The monoisotopic (exact) mass is 235 g/mol. The van der Waals surface area contributed by atoms with Gasteiger partial charge in [-0.2, -0.15) is 0 Å². The van der Waals surface area contributed by atoms with E-state index in [1.165, 1.54) is 0 Å². The number of hydrogen-bond donors (Lipinski definition) is 4. The van der Waals surface area contributed by atoms with E-state index in [0.717, 1.165) is 0 Å². The lowest BCUT2D eigenvalue weighted by atomic mass is 10.1. The van der Waals surface area contributed by atoms with E-state index in [-0.39, 0.29) is 6.42 Å². The molecule has 0 amide bonds. The van der Waals surface area contributed by atoms with Crippen LogP contribution in [0, 0.1) is 0 Å². The fourth-order valence-electron chi connectivity index (χ4n) is 0.915. The van der Waals surface area contributed by atoms with Gasteiger partial charge >= 0.3 is 5.97 Å². The molecule has 0 aliphatic heterocycles. The number of carboxylic acid groups (broad SMARTS) is 1. The molecule has 0 fully saturated rings. The van der Waals surface area contributed by atoms with E-state index >= 15 is 0 Å². The number of carbonyl (C=O) groups is 2. The number of hydroxylamine groups is 1. The van der Waals surface area contributed by atoms with E-state index in [1.807, 2.05) is 0 Å². The molecule has 0 aromatic heterocycles. The average molecular weight is 235 g/mol. The Morgan fingerprint density at radius 1 is 1.38 bits per heavy atom. The smallest absolute Gasteiger partial charge is 0.331 e. The van der Waals surface area contributed by atoms with Crippen LogP contribution in [0.15, 0.2) is 0 Å². The fraction of sp³-hybridized carbons (Fsp3) is 0.750. The zero-order valence-electron chi connectivity index (χ0n) is 8.83. The van der Waals surface area contributed by atoms with E-state index in [2.05, 4.69) is 4.84 Å². The minimum absolute atomic E-state index is 0.114. The summed E-state index contributed by atoms with van der Waals surface area (Å²) in [6.07, 6.45) is -0.335. The van der Waals surface area contributed by atoms with Gasteiger partial charge in [-0.1, -0.05) is 5.17 Å². The number of ketones is 1. The molecule has 1 unspecified atom stereocenters. The summed E-state index contributed by atoms with van der Waals surface area (Å²) in [7, 11) is 0. The van der Waals surface area contributed by atoms with E-state index in [1.54, 1.807) is 0 Å². The van der Waals surface area contributed by atoms with Crippen molar-refractivity contribution in [2.75, 3.05) is 13.2 Å². The highest BCUT2D eigenvalue weighted by Gasteiger charge is 2.21. The van der Waals surface area contributed by atoms with Crippen LogP contribution in [0.3, 0.4) is 0 Å². The van der Waals surface area contributed by atoms with Gasteiger partial charge in [0.25, 0.3) is 0 Å². The summed E-state index contributed by atoms with van der Waals surface area (Å²) >= 11 is 0. The third kappa shape index (κ3) is 6.43. The Bertz CT molecular complexity index is 236. The van der Waals surface area contributed by atoms with Gasteiger partial charge in [-0.05, 0) is 19.4 Å². The van der Waals surface area contributed by atoms with Crippen molar-refractivity contribution >= 4 is 11.8 Å². The highest BCUT2D eigenvalue weighted by Crippen LogP contribution is 2.01. The summed E-state index contributed by atoms with van der Waals surface area (Å²) in [5.41, 5.74) is 5.23. The second kappa shape index (κ2) is 8.13. The number of unbranched alkanes of at least 4 members (excludes halogenated alkanes) is 1. The SMILES string of the molecule is NCCCCC(=O)C(O)N(N)OCC(=O)O. The molecule has 8 heteroatoms. The zero-order chi connectivity index (χ0) is 12.6. The molecule has 0 aliphatic carbocycles. The molecule has 0 saturated heterocycles. The number of rotatable bonds is 9. The van der Waals surface area contributed by atoms with E-state index in [0.29, 0.717) is 24.6 Å². The number of carboxylic acids is 1. The third-order valence-corrected chi connectivity index (χ3v) is 1.74. The van der Waals surface area contributed by atoms with E-state index < -0.39 is 24.6 Å². The molecule has 0 radical (unpaired) electrons. The van der Waals surface area contributed by atoms with Crippen molar-refractivity contribution in [3.63, 3.8) is 0 Å². The Morgan fingerprint density at radius 3 is 2.50 bits per heavy atom. The maximum Gasteiger partial charge on any atom is 0.331 e. The van der Waals surface area contributed by atoms with Crippen LogP contribution in [0.25, 0.3) is 0 Å². The summed E-state index contributed by atoms with van der Waals surface area (Å²) in [6, 6.07) is 0. The minimum Gasteiger partial charge on any atom is -0.479 e. The Hall–Kier alpha value is -1.06. The van der Waals surface area contributed by atoms with Crippen LogP contribution < -0.4 is 11.6 Å². The average Bonchev–Trinajstić information content (AvgIpc) is 2.24. The predicted molar refractivity (Wildman–Crippen MR) is 53.5 cm³/mol. The largest absolute Gasteiger partial charge is 0.479 e. The molecule has 0 spiro atoms. The third-order valence-electron chi connectivity index (χ3n) is 1.74. The van der Waals surface area contributed by atoms with Crippen molar-refractivity contribution < 1.29 is 24.6 Å². The Morgan fingerprint density at radius 2 is 2.00 bits per heavy atom. The molecule has 0 aliphatic rings. The van der Waals surface area contributed by atoms with Crippen molar-refractivity contribution in [2.45, 2.75) is 25.5 Å². The fourth-order valence-corrected chi connectivity index (χ4v) is 0.915. The van der Waals surface area contributed by atoms with Crippen molar-refractivity contribution in [1.29, 1.82) is 0 Å². The van der Waals surface area contributed by atoms with Crippen molar-refractivity contribution in [1.82, 2.24) is 5.17 Å². The van der Waals surface area contributed by atoms with Crippen LogP contribution in [0.4, 0.5) is 0 Å².